The molecule has 0 saturated heterocycles. The molecule has 0 amide bonds. The second kappa shape index (κ2) is 4.57. The van der Waals surface area contributed by atoms with Crippen LogP contribution in [0, 0.1) is 11.8 Å². The first-order chi connectivity index (χ1) is 4.22. The molecule has 0 radical (unpaired) electrons. The molecule has 0 spiro atoms. The number of hydrogen-bond donors (Lipinski definition) is 1. The Morgan fingerprint density at radius 2 is 2.00 bits per heavy atom. The standard InChI is InChI=1S/C8H17N/c1-4-5-7(2)8(3)6-9/h4,7-8H,1,5-6,9H2,2-3H3/t7-,8?/m0/s1. The molecule has 0 aliphatic carbocycles. The van der Waals surface area contributed by atoms with Gasteiger partial charge in [-0.1, -0.05) is 19.9 Å². The third-order valence-corrected chi connectivity index (χ3v) is 1.88. The lowest BCUT2D eigenvalue weighted by Crippen LogP contribution is -2.17. The maximum atomic E-state index is 5.47. The van der Waals surface area contributed by atoms with Crippen molar-refractivity contribution in [2.45, 2.75) is 20.3 Å². The van der Waals surface area contributed by atoms with Crippen molar-refractivity contribution in [1.82, 2.24) is 0 Å². The normalized spacial score (nSPS) is 16.8. The lowest BCUT2D eigenvalue weighted by molar-refractivity contribution is 0.400. The Morgan fingerprint density at radius 3 is 2.33 bits per heavy atom. The van der Waals surface area contributed by atoms with Crippen molar-refractivity contribution in [3.63, 3.8) is 0 Å². The Hall–Kier alpha value is -0.300. The highest BCUT2D eigenvalue weighted by atomic mass is 14.5. The van der Waals surface area contributed by atoms with Crippen LogP contribution in [-0.4, -0.2) is 6.54 Å². The van der Waals surface area contributed by atoms with Crippen LogP contribution in [0.3, 0.4) is 0 Å². The monoisotopic (exact) mass is 127 g/mol. The van der Waals surface area contributed by atoms with Crippen LogP contribution >= 0.6 is 0 Å². The molecule has 0 aromatic heterocycles. The summed E-state index contributed by atoms with van der Waals surface area (Å²) >= 11 is 0. The van der Waals surface area contributed by atoms with Gasteiger partial charge in [-0.15, -0.1) is 6.58 Å². The van der Waals surface area contributed by atoms with Gasteiger partial charge in [0.15, 0.2) is 0 Å². The van der Waals surface area contributed by atoms with Crippen molar-refractivity contribution in [2.75, 3.05) is 6.54 Å². The molecule has 0 saturated carbocycles. The maximum Gasteiger partial charge on any atom is -0.00488 e. The number of rotatable bonds is 4. The fourth-order valence-electron chi connectivity index (χ4n) is 0.728. The maximum absolute atomic E-state index is 5.47. The van der Waals surface area contributed by atoms with Gasteiger partial charge < -0.3 is 5.73 Å². The Balaban J connectivity index is 3.44. The van der Waals surface area contributed by atoms with Crippen LogP contribution < -0.4 is 5.73 Å². The topological polar surface area (TPSA) is 26.0 Å². The quantitative estimate of drug-likeness (QED) is 0.572. The average Bonchev–Trinajstić information content (AvgIpc) is 1.87. The summed E-state index contributed by atoms with van der Waals surface area (Å²) in [6, 6.07) is 0. The summed E-state index contributed by atoms with van der Waals surface area (Å²) in [5, 5.41) is 0. The van der Waals surface area contributed by atoms with E-state index < -0.39 is 0 Å². The lowest BCUT2D eigenvalue weighted by atomic mass is 9.93. The fourth-order valence-corrected chi connectivity index (χ4v) is 0.728. The third kappa shape index (κ3) is 3.31. The lowest BCUT2D eigenvalue weighted by Gasteiger charge is -2.15. The van der Waals surface area contributed by atoms with E-state index in [1.54, 1.807) is 0 Å². The predicted octanol–water partition coefficient (Wildman–Crippen LogP) is 1.79. The summed E-state index contributed by atoms with van der Waals surface area (Å²) in [4.78, 5) is 0. The minimum atomic E-state index is 0.628. The van der Waals surface area contributed by atoms with Gasteiger partial charge in [0, 0.05) is 0 Å². The molecule has 0 fully saturated rings. The van der Waals surface area contributed by atoms with E-state index in [4.69, 9.17) is 5.73 Å². The summed E-state index contributed by atoms with van der Waals surface area (Å²) in [5.74, 6) is 1.32. The van der Waals surface area contributed by atoms with Crippen LogP contribution in [0.15, 0.2) is 12.7 Å². The minimum absolute atomic E-state index is 0.628. The zero-order chi connectivity index (χ0) is 7.28. The van der Waals surface area contributed by atoms with E-state index in [2.05, 4.69) is 20.4 Å². The van der Waals surface area contributed by atoms with Crippen LogP contribution in [0.5, 0.6) is 0 Å². The van der Waals surface area contributed by atoms with E-state index in [1.807, 2.05) is 6.08 Å². The van der Waals surface area contributed by atoms with E-state index in [0.717, 1.165) is 13.0 Å². The molecule has 1 heteroatoms. The largest absolute Gasteiger partial charge is 0.330 e. The van der Waals surface area contributed by atoms with Crippen LogP contribution in [-0.2, 0) is 0 Å². The fraction of sp³-hybridized carbons (Fsp3) is 0.750. The molecule has 0 aliphatic rings. The number of hydrogen-bond acceptors (Lipinski definition) is 1. The van der Waals surface area contributed by atoms with Crippen LogP contribution in [0.1, 0.15) is 20.3 Å². The molecular weight excluding hydrogens is 110 g/mol. The average molecular weight is 127 g/mol. The molecule has 1 nitrogen and oxygen atoms in total. The van der Waals surface area contributed by atoms with Crippen molar-refractivity contribution < 1.29 is 0 Å². The van der Waals surface area contributed by atoms with Crippen molar-refractivity contribution in [3.05, 3.63) is 12.7 Å². The van der Waals surface area contributed by atoms with Gasteiger partial charge in [0.25, 0.3) is 0 Å². The molecule has 2 atom stereocenters. The zero-order valence-corrected chi connectivity index (χ0v) is 6.43. The van der Waals surface area contributed by atoms with Crippen molar-refractivity contribution in [1.29, 1.82) is 0 Å². The van der Waals surface area contributed by atoms with E-state index in [1.165, 1.54) is 0 Å². The van der Waals surface area contributed by atoms with E-state index in [0.29, 0.717) is 11.8 Å². The smallest absolute Gasteiger partial charge is 0.00488 e. The van der Waals surface area contributed by atoms with Crippen molar-refractivity contribution >= 4 is 0 Å². The highest BCUT2D eigenvalue weighted by Crippen LogP contribution is 2.12. The molecule has 2 N–H and O–H groups in total. The molecule has 54 valence electrons. The van der Waals surface area contributed by atoms with E-state index in [9.17, 15) is 0 Å². The summed E-state index contributed by atoms with van der Waals surface area (Å²) in [6.07, 6.45) is 3.04. The molecule has 0 rings (SSSR count). The molecule has 0 aliphatic heterocycles. The highest BCUT2D eigenvalue weighted by molar-refractivity contribution is 4.73. The summed E-state index contributed by atoms with van der Waals surface area (Å²) in [5.41, 5.74) is 5.47. The first-order valence-electron chi connectivity index (χ1n) is 3.53. The summed E-state index contributed by atoms with van der Waals surface area (Å²) in [6.45, 7) is 8.85. The first-order valence-corrected chi connectivity index (χ1v) is 3.53. The van der Waals surface area contributed by atoms with Gasteiger partial charge in [0.05, 0.1) is 0 Å². The van der Waals surface area contributed by atoms with Gasteiger partial charge in [-0.05, 0) is 24.8 Å². The van der Waals surface area contributed by atoms with Gasteiger partial charge in [0.1, 0.15) is 0 Å². The Kier molecular flexibility index (Phi) is 4.41. The molecule has 9 heavy (non-hydrogen) atoms. The second-order valence-corrected chi connectivity index (χ2v) is 2.71. The molecule has 0 heterocycles. The van der Waals surface area contributed by atoms with Gasteiger partial charge in [-0.25, -0.2) is 0 Å². The van der Waals surface area contributed by atoms with Crippen LogP contribution in [0.2, 0.25) is 0 Å². The molecule has 0 bridgehead atoms. The first kappa shape index (κ1) is 8.70. The number of allylic oxidation sites excluding steroid dienone is 1. The van der Waals surface area contributed by atoms with Crippen LogP contribution in [0.4, 0.5) is 0 Å². The van der Waals surface area contributed by atoms with Gasteiger partial charge in [-0.2, -0.15) is 0 Å². The van der Waals surface area contributed by atoms with Crippen LogP contribution in [0.25, 0.3) is 0 Å². The van der Waals surface area contributed by atoms with Gasteiger partial charge >= 0.3 is 0 Å². The zero-order valence-electron chi connectivity index (χ0n) is 6.43. The summed E-state index contributed by atoms with van der Waals surface area (Å²) < 4.78 is 0. The van der Waals surface area contributed by atoms with Crippen molar-refractivity contribution in [3.8, 4) is 0 Å². The molecule has 0 aromatic rings. The van der Waals surface area contributed by atoms with Crippen molar-refractivity contribution in [2.24, 2.45) is 17.6 Å². The molecule has 1 unspecified atom stereocenters. The number of nitrogens with two attached hydrogens (primary N) is 1. The third-order valence-electron chi connectivity index (χ3n) is 1.88. The second-order valence-electron chi connectivity index (χ2n) is 2.71. The summed E-state index contributed by atoms with van der Waals surface area (Å²) in [7, 11) is 0. The Morgan fingerprint density at radius 1 is 1.44 bits per heavy atom. The van der Waals surface area contributed by atoms with Gasteiger partial charge in [0.2, 0.25) is 0 Å². The Labute approximate surface area is 57.9 Å². The van der Waals surface area contributed by atoms with E-state index >= 15 is 0 Å². The molecular formula is C8H17N. The minimum Gasteiger partial charge on any atom is -0.330 e. The Bertz CT molecular complexity index is 78.6. The van der Waals surface area contributed by atoms with E-state index in [-0.39, 0.29) is 0 Å². The highest BCUT2D eigenvalue weighted by Gasteiger charge is 2.06. The predicted molar refractivity (Wildman–Crippen MR) is 42.2 cm³/mol. The van der Waals surface area contributed by atoms with Gasteiger partial charge in [-0.3, -0.25) is 0 Å². The SMILES string of the molecule is C=CC[C@H](C)C(C)CN. The molecule has 0 aromatic carbocycles.